The highest BCUT2D eigenvalue weighted by Crippen LogP contribution is 2.44. The summed E-state index contributed by atoms with van der Waals surface area (Å²) in [5.74, 6) is 0.504. The predicted molar refractivity (Wildman–Crippen MR) is 157 cm³/mol. The summed E-state index contributed by atoms with van der Waals surface area (Å²) in [7, 11) is 3.36. The summed E-state index contributed by atoms with van der Waals surface area (Å²) in [5, 5.41) is 8.66. The molecule has 0 fully saturated rings. The molecule has 0 bridgehead atoms. The Balaban J connectivity index is 1.57. The molecule has 0 radical (unpaired) electrons. The maximum Gasteiger partial charge on any atom is 0.312 e. The van der Waals surface area contributed by atoms with E-state index in [1.807, 2.05) is 33.0 Å². The molecule has 0 amide bonds. The molecule has 7 heteroatoms. The number of esters is 1. The number of rotatable bonds is 7. The van der Waals surface area contributed by atoms with Crippen LogP contribution in [0.15, 0.2) is 54.6 Å². The highest BCUT2D eigenvalue weighted by Gasteiger charge is 2.41. The van der Waals surface area contributed by atoms with Crippen LogP contribution >= 0.6 is 0 Å². The number of nitrogens with zero attached hydrogens (tertiary/aromatic N) is 4. The molecule has 0 saturated carbocycles. The summed E-state index contributed by atoms with van der Waals surface area (Å²) in [5.41, 5.74) is 7.86. The Labute approximate surface area is 237 Å². The number of fused-ring (bicyclic) bond motifs is 2. The number of aromatic nitrogens is 3. The number of ether oxygens (including phenoxy) is 2. The van der Waals surface area contributed by atoms with Crippen molar-refractivity contribution in [3.05, 3.63) is 88.0 Å². The van der Waals surface area contributed by atoms with Gasteiger partial charge in [-0.1, -0.05) is 54.6 Å². The quantitative estimate of drug-likeness (QED) is 0.264. The average Bonchev–Trinajstić information content (AvgIpc) is 3.22. The van der Waals surface area contributed by atoms with E-state index in [1.54, 1.807) is 4.68 Å². The molecule has 2 atom stereocenters. The molecule has 0 aliphatic carbocycles. The Morgan fingerprint density at radius 3 is 2.67 bits per heavy atom. The van der Waals surface area contributed by atoms with E-state index in [9.17, 15) is 4.79 Å². The molecule has 0 N–H and O–H groups in total. The van der Waals surface area contributed by atoms with Crippen LogP contribution in [0.5, 0.6) is 5.75 Å². The first-order valence-corrected chi connectivity index (χ1v) is 14.1. The lowest BCUT2D eigenvalue weighted by Crippen LogP contribution is -2.34. The lowest BCUT2D eigenvalue weighted by Gasteiger charge is -2.34. The van der Waals surface area contributed by atoms with E-state index in [2.05, 4.69) is 78.4 Å². The van der Waals surface area contributed by atoms with Crippen molar-refractivity contribution in [2.75, 3.05) is 13.7 Å². The fourth-order valence-corrected chi connectivity index (χ4v) is 6.10. The maximum absolute atomic E-state index is 13.2. The average molecular weight is 541 g/mol. The van der Waals surface area contributed by atoms with Gasteiger partial charge in [0.25, 0.3) is 0 Å². The SMILES string of the molecule is CCC1CN(Cc2cc(C(c3ccc4c(nnn4C)c3C)C(C)(C)C(=O)OC)ccc2C)Cc2ccccc2O1. The van der Waals surface area contributed by atoms with E-state index in [-0.39, 0.29) is 18.0 Å². The molecule has 1 aliphatic heterocycles. The van der Waals surface area contributed by atoms with Crippen LogP contribution < -0.4 is 4.74 Å². The molecule has 7 nitrogen and oxygen atoms in total. The third kappa shape index (κ3) is 5.10. The van der Waals surface area contributed by atoms with Gasteiger partial charge in [-0.2, -0.15) is 0 Å². The lowest BCUT2D eigenvalue weighted by molar-refractivity contribution is -0.151. The number of carbonyl (C=O) groups excluding carboxylic acids is 1. The van der Waals surface area contributed by atoms with Crippen molar-refractivity contribution in [1.29, 1.82) is 0 Å². The van der Waals surface area contributed by atoms with Gasteiger partial charge in [-0.15, -0.1) is 5.10 Å². The summed E-state index contributed by atoms with van der Waals surface area (Å²) in [6, 6.07) is 19.1. The molecule has 2 heterocycles. The van der Waals surface area contributed by atoms with Crippen LogP contribution in [-0.4, -0.2) is 45.6 Å². The van der Waals surface area contributed by atoms with Gasteiger partial charge in [-0.05, 0) is 74.1 Å². The standard InChI is InChI=1S/C33H40N4O3/c1-8-26-20-37(18-24-11-9-10-12-29(24)40-26)19-25-17-23(14-13-21(25)2)30(33(4,5)32(38)39-7)27-15-16-28-31(22(27)3)34-35-36(28)6/h9-17,26,30H,8,18-20H2,1-7H3. The molecule has 4 aromatic rings. The first-order valence-electron chi connectivity index (χ1n) is 14.1. The molecule has 5 rings (SSSR count). The van der Waals surface area contributed by atoms with E-state index >= 15 is 0 Å². The Morgan fingerprint density at radius 1 is 1.15 bits per heavy atom. The van der Waals surface area contributed by atoms with Crippen LogP contribution in [0, 0.1) is 19.3 Å². The zero-order valence-corrected chi connectivity index (χ0v) is 24.7. The minimum absolute atomic E-state index is 0.138. The van der Waals surface area contributed by atoms with Crippen LogP contribution in [-0.2, 0) is 29.7 Å². The normalized spacial score (nSPS) is 16.7. The molecule has 3 aromatic carbocycles. The minimum atomic E-state index is -0.815. The van der Waals surface area contributed by atoms with Gasteiger partial charge in [0.1, 0.15) is 17.4 Å². The zero-order chi connectivity index (χ0) is 28.6. The van der Waals surface area contributed by atoms with Gasteiger partial charge in [0, 0.05) is 38.2 Å². The Morgan fingerprint density at radius 2 is 1.93 bits per heavy atom. The van der Waals surface area contributed by atoms with Crippen molar-refractivity contribution in [3.63, 3.8) is 0 Å². The predicted octanol–water partition coefficient (Wildman–Crippen LogP) is 6.09. The van der Waals surface area contributed by atoms with Crippen LogP contribution in [0.4, 0.5) is 0 Å². The smallest absolute Gasteiger partial charge is 0.312 e. The number of para-hydroxylation sites is 1. The van der Waals surface area contributed by atoms with Crippen molar-refractivity contribution >= 4 is 17.0 Å². The van der Waals surface area contributed by atoms with Crippen LogP contribution in [0.2, 0.25) is 0 Å². The van der Waals surface area contributed by atoms with Crippen molar-refractivity contribution in [1.82, 2.24) is 19.9 Å². The molecule has 0 spiro atoms. The van der Waals surface area contributed by atoms with Gasteiger partial charge in [0.15, 0.2) is 0 Å². The number of aryl methyl sites for hydroxylation is 3. The summed E-state index contributed by atoms with van der Waals surface area (Å²) in [4.78, 5) is 15.7. The van der Waals surface area contributed by atoms with Gasteiger partial charge in [0.2, 0.25) is 0 Å². The fraction of sp³-hybridized carbons (Fsp3) is 0.424. The zero-order valence-electron chi connectivity index (χ0n) is 24.7. The second-order valence-corrected chi connectivity index (χ2v) is 11.6. The molecular weight excluding hydrogens is 500 g/mol. The molecule has 0 saturated heterocycles. The Hall–Kier alpha value is -3.71. The molecule has 40 heavy (non-hydrogen) atoms. The van der Waals surface area contributed by atoms with Crippen LogP contribution in [0.1, 0.15) is 66.5 Å². The first kappa shape index (κ1) is 27.8. The molecule has 1 aliphatic rings. The van der Waals surface area contributed by atoms with Gasteiger partial charge in [-0.25, -0.2) is 4.68 Å². The van der Waals surface area contributed by atoms with Crippen molar-refractivity contribution < 1.29 is 14.3 Å². The van der Waals surface area contributed by atoms with Crippen molar-refractivity contribution in [3.8, 4) is 5.75 Å². The van der Waals surface area contributed by atoms with E-state index in [4.69, 9.17) is 9.47 Å². The summed E-state index contributed by atoms with van der Waals surface area (Å²) >= 11 is 0. The second-order valence-electron chi connectivity index (χ2n) is 11.6. The van der Waals surface area contributed by atoms with E-state index in [0.717, 1.165) is 59.5 Å². The summed E-state index contributed by atoms with van der Waals surface area (Å²) in [6.07, 6.45) is 1.09. The topological polar surface area (TPSA) is 69.5 Å². The number of methoxy groups -OCH3 is 1. The Bertz CT molecular complexity index is 1540. The first-order chi connectivity index (χ1) is 19.1. The number of hydrogen-bond acceptors (Lipinski definition) is 6. The van der Waals surface area contributed by atoms with Crippen molar-refractivity contribution in [2.24, 2.45) is 12.5 Å². The second kappa shape index (κ2) is 11.0. The highest BCUT2D eigenvalue weighted by atomic mass is 16.5. The maximum atomic E-state index is 13.2. The van der Waals surface area contributed by atoms with Crippen LogP contribution in [0.25, 0.3) is 11.0 Å². The highest BCUT2D eigenvalue weighted by molar-refractivity contribution is 5.82. The van der Waals surface area contributed by atoms with E-state index in [0.29, 0.717) is 0 Å². The van der Waals surface area contributed by atoms with E-state index in [1.165, 1.54) is 23.8 Å². The number of benzene rings is 3. The van der Waals surface area contributed by atoms with Gasteiger partial charge in [-0.3, -0.25) is 9.69 Å². The third-order valence-electron chi connectivity index (χ3n) is 8.50. The molecule has 210 valence electrons. The monoisotopic (exact) mass is 540 g/mol. The fourth-order valence-electron chi connectivity index (χ4n) is 6.10. The molecular formula is C33H40N4O3. The molecule has 1 aromatic heterocycles. The lowest BCUT2D eigenvalue weighted by atomic mass is 9.69. The minimum Gasteiger partial charge on any atom is -0.489 e. The largest absolute Gasteiger partial charge is 0.489 e. The van der Waals surface area contributed by atoms with Gasteiger partial charge >= 0.3 is 5.97 Å². The number of hydrogen-bond donors (Lipinski definition) is 0. The van der Waals surface area contributed by atoms with E-state index < -0.39 is 5.41 Å². The van der Waals surface area contributed by atoms with Gasteiger partial charge in [0.05, 0.1) is 18.0 Å². The molecule has 2 unspecified atom stereocenters. The summed E-state index contributed by atoms with van der Waals surface area (Å²) in [6.45, 7) is 12.8. The van der Waals surface area contributed by atoms with Gasteiger partial charge < -0.3 is 9.47 Å². The van der Waals surface area contributed by atoms with Crippen LogP contribution in [0.3, 0.4) is 0 Å². The number of carbonyl (C=O) groups is 1. The van der Waals surface area contributed by atoms with Crippen molar-refractivity contribution in [2.45, 2.75) is 66.2 Å². The Kier molecular flexibility index (Phi) is 7.69. The summed E-state index contributed by atoms with van der Waals surface area (Å²) < 4.78 is 13.5. The third-order valence-corrected chi connectivity index (χ3v) is 8.50.